The highest BCUT2D eigenvalue weighted by Gasteiger charge is 2.37. The number of benzene rings is 1. The molecule has 0 saturated heterocycles. The summed E-state index contributed by atoms with van der Waals surface area (Å²) in [4.78, 5) is 14.9. The lowest BCUT2D eigenvalue weighted by atomic mass is 9.95. The maximum absolute atomic E-state index is 11.7. The molecular formula is C16H17NO3S. The molecule has 0 radical (unpaired) electrons. The van der Waals surface area contributed by atoms with Crippen LogP contribution in [-0.4, -0.2) is 27.6 Å². The molecule has 1 aliphatic heterocycles. The fourth-order valence-corrected chi connectivity index (χ4v) is 3.95. The van der Waals surface area contributed by atoms with E-state index in [0.29, 0.717) is 6.54 Å². The minimum atomic E-state index is -0.836. The number of aliphatic carboxylic acids is 1. The predicted molar refractivity (Wildman–Crippen MR) is 81.6 cm³/mol. The smallest absolute Gasteiger partial charge is 0.325 e. The van der Waals surface area contributed by atoms with Crippen LogP contribution < -0.4 is 0 Å². The number of carboxylic acid groups (broad SMARTS) is 1. The van der Waals surface area contributed by atoms with Crippen LogP contribution >= 0.6 is 11.3 Å². The fraction of sp³-hybridized carbons (Fsp3) is 0.312. The van der Waals surface area contributed by atoms with Crippen molar-refractivity contribution in [2.45, 2.75) is 25.4 Å². The molecule has 3 rings (SSSR count). The lowest BCUT2D eigenvalue weighted by molar-refractivity contribution is -0.145. The van der Waals surface area contributed by atoms with Gasteiger partial charge in [-0.1, -0.05) is 18.2 Å². The molecule has 21 heavy (non-hydrogen) atoms. The quantitative estimate of drug-likeness (QED) is 0.914. The van der Waals surface area contributed by atoms with Gasteiger partial charge in [0.2, 0.25) is 0 Å². The molecule has 110 valence electrons. The molecule has 2 aromatic rings. The standard InChI is InChI=1S/C16H17NO3S/c1-10(11-4-2-3-5-13(11)18)17-8-6-14-12(7-9-21-14)15(17)16(19)20/h2-5,7,9-10,15,18H,6,8H2,1H3,(H,19,20). The number of para-hydroxylation sites is 1. The van der Waals surface area contributed by atoms with E-state index in [9.17, 15) is 15.0 Å². The lowest BCUT2D eigenvalue weighted by Gasteiger charge is -2.37. The van der Waals surface area contributed by atoms with Crippen LogP contribution in [0.15, 0.2) is 35.7 Å². The molecule has 2 heterocycles. The van der Waals surface area contributed by atoms with Gasteiger partial charge in [-0.3, -0.25) is 9.69 Å². The third-order valence-corrected chi connectivity index (χ3v) is 5.12. The molecule has 2 unspecified atom stereocenters. The molecule has 5 heteroatoms. The van der Waals surface area contributed by atoms with Crippen molar-refractivity contribution in [2.75, 3.05) is 6.54 Å². The molecule has 4 nitrogen and oxygen atoms in total. The van der Waals surface area contributed by atoms with Gasteiger partial charge in [-0.25, -0.2) is 0 Å². The van der Waals surface area contributed by atoms with Crippen LogP contribution in [0.25, 0.3) is 0 Å². The molecule has 2 atom stereocenters. The minimum absolute atomic E-state index is 0.152. The summed E-state index contributed by atoms with van der Waals surface area (Å²) in [6, 6.07) is 8.23. The number of fused-ring (bicyclic) bond motifs is 1. The number of hydrogen-bond donors (Lipinski definition) is 2. The lowest BCUT2D eigenvalue weighted by Crippen LogP contribution is -2.40. The molecule has 0 aliphatic carbocycles. The number of phenolic OH excluding ortho intramolecular Hbond substituents is 1. The Morgan fingerprint density at radius 3 is 2.86 bits per heavy atom. The largest absolute Gasteiger partial charge is 0.508 e. The Kier molecular flexibility index (Phi) is 3.69. The van der Waals surface area contributed by atoms with Crippen LogP contribution in [0.3, 0.4) is 0 Å². The highest BCUT2D eigenvalue weighted by atomic mass is 32.1. The Bertz CT molecular complexity index is 667. The van der Waals surface area contributed by atoms with Crippen LogP contribution in [0.2, 0.25) is 0 Å². The number of thiophene rings is 1. The molecule has 1 aromatic carbocycles. The van der Waals surface area contributed by atoms with Crippen molar-refractivity contribution in [3.05, 3.63) is 51.7 Å². The molecule has 0 fully saturated rings. The van der Waals surface area contributed by atoms with Crippen LogP contribution in [0.1, 0.15) is 35.0 Å². The van der Waals surface area contributed by atoms with Crippen LogP contribution in [-0.2, 0) is 11.2 Å². The number of carboxylic acids is 1. The van der Waals surface area contributed by atoms with E-state index in [4.69, 9.17) is 0 Å². The Balaban J connectivity index is 1.98. The summed E-state index contributed by atoms with van der Waals surface area (Å²) in [5.74, 6) is -0.623. The van der Waals surface area contributed by atoms with Gasteiger partial charge >= 0.3 is 5.97 Å². The number of hydrogen-bond acceptors (Lipinski definition) is 4. The monoisotopic (exact) mass is 303 g/mol. The zero-order valence-electron chi connectivity index (χ0n) is 11.7. The molecule has 0 bridgehead atoms. The van der Waals surface area contributed by atoms with E-state index in [2.05, 4.69) is 0 Å². The highest BCUT2D eigenvalue weighted by molar-refractivity contribution is 7.10. The SMILES string of the molecule is CC(c1ccccc1O)N1CCc2sccc2C1C(=O)O. The van der Waals surface area contributed by atoms with Gasteiger partial charge in [0.25, 0.3) is 0 Å². The second-order valence-corrected chi connectivity index (χ2v) is 6.26. The van der Waals surface area contributed by atoms with Gasteiger partial charge in [0.05, 0.1) is 0 Å². The summed E-state index contributed by atoms with van der Waals surface area (Å²) in [5, 5.41) is 21.6. The molecule has 0 spiro atoms. The van der Waals surface area contributed by atoms with Gasteiger partial charge in [-0.05, 0) is 36.4 Å². The Hall–Kier alpha value is -1.85. The van der Waals surface area contributed by atoms with Gasteiger partial charge < -0.3 is 10.2 Å². The summed E-state index contributed by atoms with van der Waals surface area (Å²) in [5.41, 5.74) is 1.66. The predicted octanol–water partition coefficient (Wildman–Crippen LogP) is 3.20. The summed E-state index contributed by atoms with van der Waals surface area (Å²) in [6.07, 6.45) is 0.856. The van der Waals surface area contributed by atoms with E-state index in [1.165, 1.54) is 0 Å². The maximum Gasteiger partial charge on any atom is 0.325 e. The number of phenols is 1. The van der Waals surface area contributed by atoms with Crippen molar-refractivity contribution in [3.8, 4) is 5.75 Å². The van der Waals surface area contributed by atoms with E-state index in [-0.39, 0.29) is 11.8 Å². The van der Waals surface area contributed by atoms with Crippen molar-refractivity contribution in [3.63, 3.8) is 0 Å². The van der Waals surface area contributed by atoms with Crippen molar-refractivity contribution < 1.29 is 15.0 Å². The van der Waals surface area contributed by atoms with Crippen LogP contribution in [0, 0.1) is 0 Å². The van der Waals surface area contributed by atoms with E-state index >= 15 is 0 Å². The number of rotatable bonds is 3. The average Bonchev–Trinajstić information content (AvgIpc) is 2.94. The highest BCUT2D eigenvalue weighted by Crippen LogP contribution is 2.40. The van der Waals surface area contributed by atoms with Gasteiger partial charge in [0.1, 0.15) is 11.8 Å². The maximum atomic E-state index is 11.7. The van der Waals surface area contributed by atoms with E-state index < -0.39 is 12.0 Å². The molecule has 2 N–H and O–H groups in total. The zero-order valence-corrected chi connectivity index (χ0v) is 12.5. The van der Waals surface area contributed by atoms with Crippen molar-refractivity contribution in [2.24, 2.45) is 0 Å². The number of carbonyl (C=O) groups is 1. The van der Waals surface area contributed by atoms with Crippen molar-refractivity contribution >= 4 is 17.3 Å². The normalized spacial score (nSPS) is 20.0. The summed E-state index contributed by atoms with van der Waals surface area (Å²) >= 11 is 1.62. The number of nitrogens with zero attached hydrogens (tertiary/aromatic N) is 1. The zero-order chi connectivity index (χ0) is 15.0. The second kappa shape index (κ2) is 5.50. The van der Waals surface area contributed by atoms with E-state index in [1.807, 2.05) is 35.4 Å². The van der Waals surface area contributed by atoms with E-state index in [0.717, 1.165) is 22.4 Å². The summed E-state index contributed by atoms with van der Waals surface area (Å²) in [7, 11) is 0. The first-order valence-corrected chi connectivity index (χ1v) is 7.80. The van der Waals surface area contributed by atoms with Gasteiger partial charge in [-0.2, -0.15) is 0 Å². The summed E-state index contributed by atoms with van der Waals surface area (Å²) < 4.78 is 0. The fourth-order valence-electron chi connectivity index (χ4n) is 3.05. The first-order valence-electron chi connectivity index (χ1n) is 6.92. The molecule has 0 amide bonds. The molecule has 1 aromatic heterocycles. The van der Waals surface area contributed by atoms with Crippen LogP contribution in [0.4, 0.5) is 0 Å². The Morgan fingerprint density at radius 1 is 1.38 bits per heavy atom. The minimum Gasteiger partial charge on any atom is -0.508 e. The van der Waals surface area contributed by atoms with Gasteiger partial charge in [0.15, 0.2) is 0 Å². The first-order chi connectivity index (χ1) is 10.1. The van der Waals surface area contributed by atoms with Crippen molar-refractivity contribution in [1.29, 1.82) is 0 Å². The second-order valence-electron chi connectivity index (χ2n) is 5.26. The average molecular weight is 303 g/mol. The van der Waals surface area contributed by atoms with Crippen molar-refractivity contribution in [1.82, 2.24) is 4.90 Å². The molecule has 1 aliphatic rings. The molecular weight excluding hydrogens is 286 g/mol. The Morgan fingerprint density at radius 2 is 2.14 bits per heavy atom. The van der Waals surface area contributed by atoms with Gasteiger partial charge in [0, 0.05) is 23.0 Å². The topological polar surface area (TPSA) is 60.8 Å². The first kappa shape index (κ1) is 14.1. The Labute approximate surface area is 127 Å². The third-order valence-electron chi connectivity index (χ3n) is 4.12. The molecule has 0 saturated carbocycles. The third kappa shape index (κ3) is 2.43. The van der Waals surface area contributed by atoms with Gasteiger partial charge in [-0.15, -0.1) is 11.3 Å². The van der Waals surface area contributed by atoms with Crippen LogP contribution in [0.5, 0.6) is 5.75 Å². The number of aromatic hydroxyl groups is 1. The van der Waals surface area contributed by atoms with E-state index in [1.54, 1.807) is 23.5 Å². The summed E-state index contributed by atoms with van der Waals surface area (Å²) in [6.45, 7) is 2.63.